The Balaban J connectivity index is 0.00000145. The van der Waals surface area contributed by atoms with Gasteiger partial charge in [0, 0.05) is 6.21 Å². The van der Waals surface area contributed by atoms with Crippen molar-refractivity contribution in [3.8, 4) is 0 Å². The predicted molar refractivity (Wildman–Crippen MR) is 129 cm³/mol. The molecule has 0 aliphatic heterocycles. The van der Waals surface area contributed by atoms with Gasteiger partial charge in [-0.05, 0) is 91.0 Å². The van der Waals surface area contributed by atoms with Crippen LogP contribution in [0.5, 0.6) is 0 Å². The summed E-state index contributed by atoms with van der Waals surface area (Å²) in [5.74, 6) is 0.837. The van der Waals surface area contributed by atoms with Crippen LogP contribution in [0.1, 0.15) is 87.3 Å². The molecule has 1 aliphatic carbocycles. The minimum atomic E-state index is 0.163. The van der Waals surface area contributed by atoms with E-state index in [4.69, 9.17) is 5.41 Å². The van der Waals surface area contributed by atoms with Crippen molar-refractivity contribution in [2.45, 2.75) is 86.5 Å². The first-order valence-electron chi connectivity index (χ1n) is 11.3. The summed E-state index contributed by atoms with van der Waals surface area (Å²) >= 11 is 0. The number of rotatable bonds is 7. The van der Waals surface area contributed by atoms with E-state index in [0.717, 1.165) is 17.9 Å². The van der Waals surface area contributed by atoms with Gasteiger partial charge in [0.25, 0.3) is 0 Å². The molecule has 0 amide bonds. The second-order valence-electron chi connectivity index (χ2n) is 9.81. The fourth-order valence-electron chi connectivity index (χ4n) is 5.14. The van der Waals surface area contributed by atoms with Gasteiger partial charge in [0.1, 0.15) is 0 Å². The Morgan fingerprint density at radius 2 is 1.59 bits per heavy atom. The Morgan fingerprint density at radius 3 is 2.14 bits per heavy atom. The minimum absolute atomic E-state index is 0.163. The van der Waals surface area contributed by atoms with Crippen LogP contribution in [0.4, 0.5) is 0 Å². The molecule has 0 bridgehead atoms. The lowest BCUT2D eigenvalue weighted by molar-refractivity contribution is 0.192. The van der Waals surface area contributed by atoms with E-state index in [-0.39, 0.29) is 5.41 Å². The van der Waals surface area contributed by atoms with Gasteiger partial charge in [-0.2, -0.15) is 0 Å². The van der Waals surface area contributed by atoms with Crippen LogP contribution < -0.4 is 0 Å². The summed E-state index contributed by atoms with van der Waals surface area (Å²) in [4.78, 5) is 0. The summed E-state index contributed by atoms with van der Waals surface area (Å²) in [6, 6.07) is 13.4. The molecule has 0 radical (unpaired) electrons. The molecule has 1 fully saturated rings. The quantitative estimate of drug-likeness (QED) is 0.463. The highest BCUT2D eigenvalue weighted by atomic mass is 14.5. The predicted octanol–water partition coefficient (Wildman–Crippen LogP) is 7.96. The molecule has 29 heavy (non-hydrogen) atoms. The van der Waals surface area contributed by atoms with Crippen LogP contribution in [0.25, 0.3) is 0 Å². The van der Waals surface area contributed by atoms with E-state index in [0.29, 0.717) is 5.41 Å². The van der Waals surface area contributed by atoms with E-state index in [1.807, 2.05) is 13.8 Å². The third kappa shape index (κ3) is 5.59. The van der Waals surface area contributed by atoms with Crippen molar-refractivity contribution >= 4 is 6.21 Å². The average Bonchev–Trinajstić information content (AvgIpc) is 3.52. The molecule has 1 nitrogen and oxygen atoms in total. The number of aryl methyl sites for hydroxylation is 3. The van der Waals surface area contributed by atoms with Crippen molar-refractivity contribution in [3.63, 3.8) is 0 Å². The summed E-state index contributed by atoms with van der Waals surface area (Å²) in [6.07, 6.45) is 6.53. The Hall–Kier alpha value is -1.89. The van der Waals surface area contributed by atoms with Gasteiger partial charge < -0.3 is 5.41 Å². The smallest absolute Gasteiger partial charge is 0.0250 e. The molecule has 2 aromatic rings. The van der Waals surface area contributed by atoms with Crippen LogP contribution in [-0.2, 0) is 11.8 Å². The van der Waals surface area contributed by atoms with E-state index in [1.165, 1.54) is 53.3 Å². The zero-order valence-corrected chi connectivity index (χ0v) is 19.9. The molecular weight excluding hydrogens is 350 g/mol. The van der Waals surface area contributed by atoms with Crippen LogP contribution in [0.2, 0.25) is 0 Å². The van der Waals surface area contributed by atoms with E-state index in [1.54, 1.807) is 0 Å². The maximum atomic E-state index is 7.49. The van der Waals surface area contributed by atoms with Gasteiger partial charge in [-0.1, -0.05) is 76.6 Å². The minimum Gasteiger partial charge on any atom is -0.308 e. The van der Waals surface area contributed by atoms with Gasteiger partial charge in [-0.25, -0.2) is 0 Å². The lowest BCUT2D eigenvalue weighted by Crippen LogP contribution is -2.33. The normalized spacial score (nSPS) is 15.9. The third-order valence-corrected chi connectivity index (χ3v) is 6.66. The summed E-state index contributed by atoms with van der Waals surface area (Å²) in [5, 5.41) is 7.49. The van der Waals surface area contributed by atoms with Crippen molar-refractivity contribution in [2.75, 3.05) is 0 Å². The lowest BCUT2D eigenvalue weighted by atomic mass is 9.65. The molecule has 1 atom stereocenters. The maximum Gasteiger partial charge on any atom is 0.0250 e. The number of nitrogens with one attached hydrogen (secondary N) is 1. The van der Waals surface area contributed by atoms with Crippen LogP contribution in [0, 0.1) is 37.5 Å². The first-order valence-corrected chi connectivity index (χ1v) is 11.3. The Bertz CT molecular complexity index is 841. The lowest BCUT2D eigenvalue weighted by Gasteiger charge is -2.40. The van der Waals surface area contributed by atoms with Crippen molar-refractivity contribution in [1.29, 1.82) is 5.41 Å². The molecule has 1 heteroatoms. The second kappa shape index (κ2) is 9.28. The molecule has 1 unspecified atom stereocenters. The molecule has 3 rings (SSSR count). The SMILES string of the molecule is CC.Cc1ccc(C)c(C(C)(C)CC(C)(Cc2ccc(C=N)cc2C)C2CC2)c1. The highest BCUT2D eigenvalue weighted by Gasteiger charge is 2.45. The van der Waals surface area contributed by atoms with Crippen molar-refractivity contribution in [2.24, 2.45) is 11.3 Å². The number of hydrogen-bond donors (Lipinski definition) is 1. The summed E-state index contributed by atoms with van der Waals surface area (Å²) in [6.45, 7) is 18.0. The average molecular weight is 392 g/mol. The molecule has 1 N–H and O–H groups in total. The fourth-order valence-corrected chi connectivity index (χ4v) is 5.14. The van der Waals surface area contributed by atoms with Crippen LogP contribution >= 0.6 is 0 Å². The molecule has 1 aliphatic rings. The first-order chi connectivity index (χ1) is 13.6. The Kier molecular flexibility index (Phi) is 7.49. The van der Waals surface area contributed by atoms with E-state index in [9.17, 15) is 0 Å². The van der Waals surface area contributed by atoms with Gasteiger partial charge in [0.05, 0.1) is 0 Å². The molecule has 2 aromatic carbocycles. The van der Waals surface area contributed by atoms with E-state index in [2.05, 4.69) is 77.9 Å². The Labute approximate surface area is 179 Å². The van der Waals surface area contributed by atoms with E-state index < -0.39 is 0 Å². The van der Waals surface area contributed by atoms with Crippen molar-refractivity contribution < 1.29 is 0 Å². The Morgan fingerprint density at radius 1 is 0.931 bits per heavy atom. The maximum absolute atomic E-state index is 7.49. The van der Waals surface area contributed by atoms with Crippen molar-refractivity contribution in [3.05, 3.63) is 69.8 Å². The second-order valence-corrected chi connectivity index (χ2v) is 9.81. The molecule has 158 valence electrons. The van der Waals surface area contributed by atoms with Crippen LogP contribution in [0.3, 0.4) is 0 Å². The zero-order valence-electron chi connectivity index (χ0n) is 19.9. The van der Waals surface area contributed by atoms with Crippen LogP contribution in [0.15, 0.2) is 36.4 Å². The van der Waals surface area contributed by atoms with Gasteiger partial charge in [-0.15, -0.1) is 0 Å². The number of hydrogen-bond acceptors (Lipinski definition) is 1. The van der Waals surface area contributed by atoms with Crippen LogP contribution in [-0.4, -0.2) is 6.21 Å². The van der Waals surface area contributed by atoms with Gasteiger partial charge in [-0.3, -0.25) is 0 Å². The highest BCUT2D eigenvalue weighted by molar-refractivity contribution is 5.77. The monoisotopic (exact) mass is 391 g/mol. The molecule has 0 heterocycles. The first kappa shape index (κ1) is 23.4. The molecule has 1 saturated carbocycles. The zero-order chi connectivity index (χ0) is 21.8. The highest BCUT2D eigenvalue weighted by Crippen LogP contribution is 2.53. The third-order valence-electron chi connectivity index (χ3n) is 6.66. The molecule has 0 aromatic heterocycles. The van der Waals surface area contributed by atoms with Gasteiger partial charge in [0.2, 0.25) is 0 Å². The summed E-state index contributed by atoms with van der Waals surface area (Å²) in [5.41, 5.74) is 8.53. The summed E-state index contributed by atoms with van der Waals surface area (Å²) < 4.78 is 0. The molecular formula is C28H41N. The molecule has 0 saturated heterocycles. The topological polar surface area (TPSA) is 23.9 Å². The number of benzene rings is 2. The molecule has 0 spiro atoms. The van der Waals surface area contributed by atoms with Gasteiger partial charge in [0.15, 0.2) is 0 Å². The standard InChI is InChI=1S/C26H35N.C2H6/c1-18-7-8-19(2)24(13-18)25(4,5)17-26(6,23-11-12-23)15-22-10-9-21(16-27)14-20(22)3;1-2/h7-10,13-14,16,23,27H,11-12,15,17H2,1-6H3;1-2H3. The largest absolute Gasteiger partial charge is 0.308 e. The summed E-state index contributed by atoms with van der Waals surface area (Å²) in [7, 11) is 0. The fraction of sp³-hybridized carbons (Fsp3) is 0.536. The van der Waals surface area contributed by atoms with E-state index >= 15 is 0 Å². The van der Waals surface area contributed by atoms with Gasteiger partial charge >= 0.3 is 0 Å². The van der Waals surface area contributed by atoms with Crippen molar-refractivity contribution in [1.82, 2.24) is 0 Å².